The van der Waals surface area contributed by atoms with Crippen LogP contribution >= 0.6 is 0 Å². The van der Waals surface area contributed by atoms with Crippen molar-refractivity contribution in [3.63, 3.8) is 0 Å². The Morgan fingerprint density at radius 2 is 1.49 bits per heavy atom. The van der Waals surface area contributed by atoms with Crippen LogP contribution in [0.15, 0.2) is 24.4 Å². The van der Waals surface area contributed by atoms with Gasteiger partial charge in [-0.25, -0.2) is 0 Å². The summed E-state index contributed by atoms with van der Waals surface area (Å²) >= 11 is 0. The summed E-state index contributed by atoms with van der Waals surface area (Å²) in [4.78, 5) is 37.3. The van der Waals surface area contributed by atoms with Gasteiger partial charge in [-0.3, -0.25) is 23.6 Å². The largest absolute Gasteiger partial charge is 0.545 e. The van der Waals surface area contributed by atoms with Crippen molar-refractivity contribution in [2.45, 2.75) is 97.1 Å². The van der Waals surface area contributed by atoms with Gasteiger partial charge in [0.2, 0.25) is 5.91 Å². The van der Waals surface area contributed by atoms with E-state index in [0.29, 0.717) is 45.3 Å². The lowest BCUT2D eigenvalue weighted by atomic mass is 10.1. The molecule has 5 N–H and O–H groups in total. The summed E-state index contributed by atoms with van der Waals surface area (Å²) in [6.45, 7) is 8.46. The van der Waals surface area contributed by atoms with E-state index in [1.54, 1.807) is 6.92 Å². The van der Waals surface area contributed by atoms with Crippen LogP contribution < -0.4 is 16.2 Å². The van der Waals surface area contributed by atoms with Crippen molar-refractivity contribution >= 4 is 38.0 Å². The van der Waals surface area contributed by atoms with Crippen LogP contribution in [0.2, 0.25) is 0 Å². The molecule has 0 aliphatic heterocycles. The Morgan fingerprint density at radius 1 is 0.933 bits per heavy atom. The summed E-state index contributed by atoms with van der Waals surface area (Å²) in [5, 5.41) is 14.0. The van der Waals surface area contributed by atoms with Gasteiger partial charge in [-0.15, -0.1) is 0 Å². The molecule has 0 saturated heterocycles. The van der Waals surface area contributed by atoms with E-state index < -0.39 is 44.0 Å². The molecule has 0 aliphatic rings. The van der Waals surface area contributed by atoms with Gasteiger partial charge in [0.05, 0.1) is 38.1 Å². The first-order valence-corrected chi connectivity index (χ1v) is 18.6. The van der Waals surface area contributed by atoms with Gasteiger partial charge in [0.1, 0.15) is 0 Å². The second-order valence-electron chi connectivity index (χ2n) is 11.5. The van der Waals surface area contributed by atoms with E-state index in [1.807, 2.05) is 14.1 Å². The van der Waals surface area contributed by atoms with E-state index in [0.717, 1.165) is 57.2 Å². The molecular formula is C29H56N4O10S2. The van der Waals surface area contributed by atoms with Crippen LogP contribution in [-0.2, 0) is 34.6 Å². The lowest BCUT2D eigenvalue weighted by molar-refractivity contribution is -0.924. The average Bonchev–Trinajstić information content (AvgIpc) is 2.89. The molecule has 0 fully saturated rings. The van der Waals surface area contributed by atoms with Gasteiger partial charge in [-0.1, -0.05) is 39.2 Å². The molecule has 2 amide bonds. The molecule has 0 radical (unpaired) electrons. The fraction of sp³-hybridized carbons (Fsp3) is 0.759. The second kappa shape index (κ2) is 23.9. The van der Waals surface area contributed by atoms with Crippen molar-refractivity contribution in [2.24, 2.45) is 5.73 Å². The molecule has 14 nitrogen and oxygen atoms in total. The summed E-state index contributed by atoms with van der Waals surface area (Å²) in [5.74, 6) is -2.43. The van der Waals surface area contributed by atoms with E-state index in [4.69, 9.17) is 14.8 Å². The number of quaternary nitrogens is 1. The number of nitrogens with zero attached hydrogens (tertiary/aromatic N) is 2. The van der Waals surface area contributed by atoms with Crippen molar-refractivity contribution in [1.29, 1.82) is 0 Å². The van der Waals surface area contributed by atoms with Gasteiger partial charge >= 0.3 is 0 Å². The van der Waals surface area contributed by atoms with E-state index in [1.165, 1.54) is 11.8 Å². The molecule has 0 aromatic carbocycles. The fourth-order valence-electron chi connectivity index (χ4n) is 4.46. The highest BCUT2D eigenvalue weighted by Gasteiger charge is 2.35. The fourth-order valence-corrected chi connectivity index (χ4v) is 5.47. The quantitative estimate of drug-likeness (QED) is 0.0376. The molecule has 0 bridgehead atoms. The van der Waals surface area contributed by atoms with Crippen LogP contribution in [0.5, 0.6) is 0 Å². The Bertz CT molecular complexity index is 1140. The minimum absolute atomic E-state index is 0.0315. The Kier molecular flexibility index (Phi) is 23.8. The van der Waals surface area contributed by atoms with Gasteiger partial charge in [0, 0.05) is 37.6 Å². The molecule has 0 heterocycles. The number of amides is 2. The molecule has 16 heteroatoms. The number of carboxylic acid groups (broad SMARTS) is 1. The zero-order valence-corrected chi connectivity index (χ0v) is 29.0. The first-order valence-electron chi connectivity index (χ1n) is 15.3. The summed E-state index contributed by atoms with van der Waals surface area (Å²) in [5.41, 5.74) is 5.70. The molecular weight excluding hydrogens is 628 g/mol. The Balaban J connectivity index is 0. The number of aliphatic carboxylic acids is 1. The number of carbonyl (C=O) groups is 3. The minimum atomic E-state index is -4.13. The maximum atomic E-state index is 12.9. The van der Waals surface area contributed by atoms with Crippen molar-refractivity contribution in [2.75, 3.05) is 45.2 Å². The molecule has 0 spiro atoms. The topological polar surface area (TPSA) is 224 Å². The number of nitrogens with two attached hydrogens (primary N) is 1. The monoisotopic (exact) mass is 684 g/mol. The van der Waals surface area contributed by atoms with Crippen LogP contribution in [0.25, 0.3) is 0 Å². The standard InChI is InChI=1S/C26H48N4O7S.C3H8O3S/c1-22(2)26(34)29(19-16-25(32)33)24(30(3,4)20-13-21-38(35,36)37)15-10-8-12-18-28-23(31)14-9-6-5-7-11-17-27;1-2-3-7(4,5)6/h16,19,24H,1,5-15,17-18,20-21,27H2,2-4H3,(H2-,28,31,32,33,35,36,37);2-3H2,1H3,(H,4,5,6). The Hall–Kier alpha value is -2.37. The van der Waals surface area contributed by atoms with Gasteiger partial charge in [-0.05, 0) is 51.6 Å². The van der Waals surface area contributed by atoms with Gasteiger partial charge in [0.15, 0.2) is 6.17 Å². The predicted octanol–water partition coefficient (Wildman–Crippen LogP) is 1.60. The zero-order chi connectivity index (χ0) is 35.1. The molecule has 0 aromatic rings. The van der Waals surface area contributed by atoms with Crippen LogP contribution in [0.1, 0.15) is 90.9 Å². The first-order chi connectivity index (χ1) is 20.8. The maximum Gasteiger partial charge on any atom is 0.265 e. The highest BCUT2D eigenvalue weighted by atomic mass is 32.2. The van der Waals surface area contributed by atoms with Crippen molar-refractivity contribution < 1.29 is 49.9 Å². The van der Waals surface area contributed by atoms with Gasteiger partial charge in [0.25, 0.3) is 26.1 Å². The smallest absolute Gasteiger partial charge is 0.265 e. The van der Waals surface area contributed by atoms with E-state index in [9.17, 15) is 36.3 Å². The number of carbonyl (C=O) groups excluding carboxylic acids is 3. The minimum Gasteiger partial charge on any atom is -0.545 e. The van der Waals surface area contributed by atoms with Crippen LogP contribution in [0, 0.1) is 0 Å². The third-order valence-corrected chi connectivity index (χ3v) is 8.50. The molecule has 45 heavy (non-hydrogen) atoms. The maximum absolute atomic E-state index is 12.9. The Labute approximate surface area is 270 Å². The summed E-state index contributed by atoms with van der Waals surface area (Å²) in [7, 11) is -4.18. The number of carboxylic acids is 1. The second-order valence-corrected chi connectivity index (χ2v) is 14.7. The molecule has 264 valence electrons. The molecule has 1 atom stereocenters. The lowest BCUT2D eigenvalue weighted by Gasteiger charge is -2.43. The highest BCUT2D eigenvalue weighted by molar-refractivity contribution is 7.86. The van der Waals surface area contributed by atoms with Crippen LogP contribution in [0.3, 0.4) is 0 Å². The molecule has 1 unspecified atom stereocenters. The average molecular weight is 685 g/mol. The number of rotatable bonds is 24. The van der Waals surface area contributed by atoms with E-state index in [2.05, 4.69) is 11.9 Å². The summed E-state index contributed by atoms with van der Waals surface area (Å²) in [6, 6.07) is 0. The molecule has 0 saturated carbocycles. The third kappa shape index (κ3) is 26.5. The third-order valence-electron chi connectivity index (χ3n) is 6.77. The van der Waals surface area contributed by atoms with Crippen molar-refractivity contribution in [3.05, 3.63) is 24.4 Å². The predicted molar refractivity (Wildman–Crippen MR) is 173 cm³/mol. The normalized spacial score (nSPS) is 12.7. The summed E-state index contributed by atoms with van der Waals surface area (Å²) in [6.07, 6.45) is 10.3. The van der Waals surface area contributed by atoms with E-state index in [-0.39, 0.29) is 28.1 Å². The van der Waals surface area contributed by atoms with Gasteiger partial charge in [-0.2, -0.15) is 16.8 Å². The number of nitrogens with one attached hydrogen (secondary N) is 1. The first kappa shape index (κ1) is 44.8. The Morgan fingerprint density at radius 3 is 1.98 bits per heavy atom. The van der Waals surface area contributed by atoms with Crippen molar-refractivity contribution in [1.82, 2.24) is 10.2 Å². The molecule has 0 aromatic heterocycles. The van der Waals surface area contributed by atoms with Gasteiger partial charge < -0.3 is 25.4 Å². The molecule has 0 aliphatic carbocycles. The highest BCUT2D eigenvalue weighted by Crippen LogP contribution is 2.22. The van der Waals surface area contributed by atoms with Crippen molar-refractivity contribution in [3.8, 4) is 0 Å². The molecule has 0 rings (SSSR count). The van der Waals surface area contributed by atoms with Crippen LogP contribution in [-0.4, -0.2) is 105 Å². The van der Waals surface area contributed by atoms with E-state index >= 15 is 0 Å². The summed E-state index contributed by atoms with van der Waals surface area (Å²) < 4.78 is 59.2. The number of hydrogen-bond donors (Lipinski definition) is 4. The lowest BCUT2D eigenvalue weighted by Crippen LogP contribution is -2.58. The number of hydrogen-bond acceptors (Lipinski definition) is 9. The number of unbranched alkanes of at least 4 members (excludes halogenated alkanes) is 6. The SMILES string of the molecule is C=C(C)C(=O)N(C=CC(=O)[O-])C(CCCCCNC(=O)CCCCCCCN)[N+](C)(C)CCCS(=O)(=O)O.CCCS(=O)(=O)O. The van der Waals surface area contributed by atoms with Crippen LogP contribution in [0.4, 0.5) is 0 Å². The zero-order valence-electron chi connectivity index (χ0n) is 27.4.